The van der Waals surface area contributed by atoms with Gasteiger partial charge in [0.05, 0.1) is 12.5 Å². The van der Waals surface area contributed by atoms with E-state index in [4.69, 9.17) is 4.42 Å². The van der Waals surface area contributed by atoms with Gasteiger partial charge in [-0.3, -0.25) is 0 Å². The summed E-state index contributed by atoms with van der Waals surface area (Å²) in [5, 5.41) is 10.2. The first-order valence-corrected chi connectivity index (χ1v) is 6.05. The van der Waals surface area contributed by atoms with Gasteiger partial charge >= 0.3 is 0 Å². The van der Waals surface area contributed by atoms with Crippen LogP contribution in [0.4, 0.5) is 0 Å². The molecule has 0 amide bonds. The molecule has 0 bridgehead atoms. The Morgan fingerprint density at radius 1 is 1.35 bits per heavy atom. The van der Waals surface area contributed by atoms with Gasteiger partial charge in [-0.2, -0.15) is 0 Å². The van der Waals surface area contributed by atoms with E-state index < -0.39 is 6.10 Å². The van der Waals surface area contributed by atoms with Gasteiger partial charge in [-0.05, 0) is 24.0 Å². The number of hydrogen-bond donors (Lipinski definition) is 1. The Balaban J connectivity index is 2.18. The molecule has 1 heterocycles. The minimum atomic E-state index is -0.430. The number of aromatic nitrogens is 1. The van der Waals surface area contributed by atoms with Crippen molar-refractivity contribution < 1.29 is 9.52 Å². The van der Waals surface area contributed by atoms with Crippen molar-refractivity contribution >= 4 is 11.1 Å². The molecule has 1 atom stereocenters. The highest BCUT2D eigenvalue weighted by atomic mass is 16.4. The second kappa shape index (κ2) is 4.49. The van der Waals surface area contributed by atoms with Crippen LogP contribution in [0.15, 0.2) is 28.7 Å². The van der Waals surface area contributed by atoms with Crippen LogP contribution < -0.4 is 0 Å². The zero-order valence-electron chi connectivity index (χ0n) is 10.6. The maximum Gasteiger partial charge on any atom is 0.198 e. The third-order valence-electron chi connectivity index (χ3n) is 3.52. The van der Waals surface area contributed by atoms with Crippen molar-refractivity contribution in [3.63, 3.8) is 0 Å². The van der Waals surface area contributed by atoms with Crippen molar-refractivity contribution in [2.75, 3.05) is 0 Å². The van der Waals surface area contributed by atoms with E-state index >= 15 is 0 Å². The topological polar surface area (TPSA) is 46.3 Å². The minimum absolute atomic E-state index is 0.110. The van der Waals surface area contributed by atoms with Gasteiger partial charge in [-0.15, -0.1) is 0 Å². The normalized spacial score (nSPS) is 14.1. The van der Waals surface area contributed by atoms with E-state index in [2.05, 4.69) is 25.8 Å². The lowest BCUT2D eigenvalue weighted by atomic mass is 9.82. The fourth-order valence-electron chi connectivity index (χ4n) is 1.68. The fraction of sp³-hybridized carbons (Fsp3) is 0.500. The fourth-order valence-corrected chi connectivity index (χ4v) is 1.68. The third kappa shape index (κ3) is 2.50. The molecule has 0 spiro atoms. The second-order valence-corrected chi connectivity index (χ2v) is 5.14. The van der Waals surface area contributed by atoms with Gasteiger partial charge in [0.25, 0.3) is 0 Å². The average Bonchev–Trinajstić information content (AvgIpc) is 2.70. The first-order valence-electron chi connectivity index (χ1n) is 6.05. The molecule has 92 valence electrons. The molecule has 0 aliphatic rings. The maximum absolute atomic E-state index is 10.2. The average molecular weight is 233 g/mol. The molecule has 2 rings (SSSR count). The second-order valence-electron chi connectivity index (χ2n) is 5.14. The lowest BCUT2D eigenvalue weighted by Gasteiger charge is -2.28. The number of aliphatic hydroxyl groups excluding tert-OH is 1. The van der Waals surface area contributed by atoms with Crippen LogP contribution in [0.3, 0.4) is 0 Å². The number of rotatable bonds is 4. The van der Waals surface area contributed by atoms with Crippen molar-refractivity contribution in [1.82, 2.24) is 4.98 Å². The van der Waals surface area contributed by atoms with Crippen LogP contribution >= 0.6 is 0 Å². The number of para-hydroxylation sites is 2. The number of benzene rings is 1. The van der Waals surface area contributed by atoms with Crippen LogP contribution in [-0.4, -0.2) is 16.2 Å². The van der Waals surface area contributed by atoms with Gasteiger partial charge in [0.2, 0.25) is 0 Å². The maximum atomic E-state index is 10.2. The summed E-state index contributed by atoms with van der Waals surface area (Å²) in [7, 11) is 0. The van der Waals surface area contributed by atoms with E-state index in [1.54, 1.807) is 0 Å². The number of oxazole rings is 1. The summed E-state index contributed by atoms with van der Waals surface area (Å²) in [6, 6.07) is 7.66. The summed E-state index contributed by atoms with van der Waals surface area (Å²) in [6.45, 7) is 6.19. The summed E-state index contributed by atoms with van der Waals surface area (Å²) in [5.41, 5.74) is 1.52. The van der Waals surface area contributed by atoms with Crippen LogP contribution in [0, 0.1) is 5.41 Å². The molecule has 17 heavy (non-hydrogen) atoms. The quantitative estimate of drug-likeness (QED) is 0.882. The molecular weight excluding hydrogens is 214 g/mol. The zero-order valence-corrected chi connectivity index (χ0v) is 10.6. The first kappa shape index (κ1) is 12.1. The monoisotopic (exact) mass is 233 g/mol. The molecule has 0 radical (unpaired) electrons. The predicted octanol–water partition coefficient (Wildman–Crippen LogP) is 3.17. The highest BCUT2D eigenvalue weighted by Crippen LogP contribution is 2.27. The molecule has 1 aromatic heterocycles. The van der Waals surface area contributed by atoms with Gasteiger partial charge in [-0.25, -0.2) is 4.98 Å². The van der Waals surface area contributed by atoms with E-state index in [-0.39, 0.29) is 5.41 Å². The van der Waals surface area contributed by atoms with E-state index in [9.17, 15) is 5.11 Å². The van der Waals surface area contributed by atoms with Crippen molar-refractivity contribution in [3.8, 4) is 0 Å². The van der Waals surface area contributed by atoms with Crippen LogP contribution in [0.5, 0.6) is 0 Å². The summed E-state index contributed by atoms with van der Waals surface area (Å²) in [4.78, 5) is 4.37. The predicted molar refractivity (Wildman–Crippen MR) is 67.8 cm³/mol. The minimum Gasteiger partial charge on any atom is -0.441 e. The SMILES string of the molecule is CCC(C)(C)C(O)Cc1nc2ccccc2o1. The van der Waals surface area contributed by atoms with Gasteiger partial charge in [0.15, 0.2) is 11.5 Å². The molecule has 1 unspecified atom stereocenters. The van der Waals surface area contributed by atoms with Crippen molar-refractivity contribution in [2.45, 2.75) is 39.7 Å². The lowest BCUT2D eigenvalue weighted by Crippen LogP contribution is -2.30. The Bertz CT molecular complexity index is 469. The first-order chi connectivity index (χ1) is 8.03. The molecule has 1 aromatic carbocycles. The van der Waals surface area contributed by atoms with Crippen molar-refractivity contribution in [2.24, 2.45) is 5.41 Å². The lowest BCUT2D eigenvalue weighted by molar-refractivity contribution is 0.0431. The molecule has 0 aliphatic heterocycles. The number of aliphatic hydroxyl groups is 1. The number of nitrogens with zero attached hydrogens (tertiary/aromatic N) is 1. The highest BCUT2D eigenvalue weighted by Gasteiger charge is 2.27. The van der Waals surface area contributed by atoms with E-state index in [1.165, 1.54) is 0 Å². The van der Waals surface area contributed by atoms with Crippen LogP contribution in [0.2, 0.25) is 0 Å². The molecule has 0 fully saturated rings. The summed E-state index contributed by atoms with van der Waals surface area (Å²) in [5.74, 6) is 0.611. The molecule has 3 heteroatoms. The van der Waals surface area contributed by atoms with Gasteiger partial charge < -0.3 is 9.52 Å². The van der Waals surface area contributed by atoms with E-state index in [0.717, 1.165) is 17.5 Å². The van der Waals surface area contributed by atoms with E-state index in [1.807, 2.05) is 24.3 Å². The van der Waals surface area contributed by atoms with Crippen molar-refractivity contribution in [1.29, 1.82) is 0 Å². The van der Waals surface area contributed by atoms with E-state index in [0.29, 0.717) is 12.3 Å². The molecule has 0 saturated carbocycles. The number of fused-ring (bicyclic) bond motifs is 1. The Morgan fingerprint density at radius 3 is 2.71 bits per heavy atom. The molecule has 0 aliphatic carbocycles. The zero-order chi connectivity index (χ0) is 12.5. The molecule has 0 saturated heterocycles. The van der Waals surface area contributed by atoms with Crippen molar-refractivity contribution in [3.05, 3.63) is 30.2 Å². The van der Waals surface area contributed by atoms with Crippen LogP contribution in [-0.2, 0) is 6.42 Å². The summed E-state index contributed by atoms with van der Waals surface area (Å²) < 4.78 is 5.61. The Hall–Kier alpha value is -1.35. The Kier molecular flexibility index (Phi) is 3.20. The molecule has 3 nitrogen and oxygen atoms in total. The third-order valence-corrected chi connectivity index (χ3v) is 3.52. The van der Waals surface area contributed by atoms with Gasteiger partial charge in [0, 0.05) is 0 Å². The Morgan fingerprint density at radius 2 is 2.06 bits per heavy atom. The summed E-state index contributed by atoms with van der Waals surface area (Å²) >= 11 is 0. The smallest absolute Gasteiger partial charge is 0.198 e. The molecule has 1 N–H and O–H groups in total. The largest absolute Gasteiger partial charge is 0.441 e. The van der Waals surface area contributed by atoms with Crippen LogP contribution in [0.1, 0.15) is 33.1 Å². The Labute approximate surface area is 101 Å². The molecule has 2 aromatic rings. The van der Waals surface area contributed by atoms with Gasteiger partial charge in [0.1, 0.15) is 5.52 Å². The highest BCUT2D eigenvalue weighted by molar-refractivity contribution is 5.72. The standard InChI is InChI=1S/C14H19NO2/c1-4-14(2,3)12(16)9-13-15-10-7-5-6-8-11(10)17-13/h5-8,12,16H,4,9H2,1-3H3. The molecular formula is C14H19NO2. The van der Waals surface area contributed by atoms with Gasteiger partial charge in [-0.1, -0.05) is 32.9 Å². The number of hydrogen-bond acceptors (Lipinski definition) is 3. The van der Waals surface area contributed by atoms with Crippen LogP contribution in [0.25, 0.3) is 11.1 Å². The summed E-state index contributed by atoms with van der Waals surface area (Å²) in [6.07, 6.45) is 0.963.